The van der Waals surface area contributed by atoms with Crippen LogP contribution in [0.3, 0.4) is 0 Å². The van der Waals surface area contributed by atoms with Gasteiger partial charge in [-0.2, -0.15) is 0 Å². The number of hydrogen-bond donors (Lipinski definition) is 0. The molecule has 1 atom stereocenters. The first-order valence-electron chi connectivity index (χ1n) is 8.15. The lowest BCUT2D eigenvalue weighted by atomic mass is 9.98. The first-order valence-corrected chi connectivity index (χ1v) is 10.0. The molecule has 6 nitrogen and oxygen atoms in total. The molecule has 3 heterocycles. The molecular weight excluding hydrogens is 368 g/mol. The largest absolute Gasteiger partial charge is 0.416 e. The normalized spacial score (nSPS) is 12.5. The van der Waals surface area contributed by atoms with Gasteiger partial charge in [-0.15, -0.1) is 21.5 Å². The van der Waals surface area contributed by atoms with Crippen molar-refractivity contribution in [2.24, 2.45) is 0 Å². The summed E-state index contributed by atoms with van der Waals surface area (Å²) < 4.78 is 7.27. The number of aromatic nitrogens is 4. The number of rotatable bonds is 6. The first kappa shape index (κ1) is 17.0. The summed E-state index contributed by atoms with van der Waals surface area (Å²) in [7, 11) is 0. The van der Waals surface area contributed by atoms with Crippen molar-refractivity contribution in [3.05, 3.63) is 75.5 Å². The predicted molar refractivity (Wildman–Crippen MR) is 102 cm³/mol. The van der Waals surface area contributed by atoms with Gasteiger partial charge in [-0.25, -0.2) is 4.98 Å². The second kappa shape index (κ2) is 7.43. The van der Waals surface area contributed by atoms with E-state index in [1.165, 1.54) is 33.1 Å². The second-order valence-corrected chi connectivity index (χ2v) is 7.71. The van der Waals surface area contributed by atoms with Gasteiger partial charge in [0.2, 0.25) is 5.89 Å². The molecule has 0 aliphatic heterocycles. The standard InChI is InChI=1S/C18H16N4O2S2/c1-12(13-5-3-2-4-6-13)9-15-20-21-18(24-15)26-11-14-10-16(23)22-7-8-25-17(22)19-14/h2-8,10,12H,9,11H2,1H3. The fraction of sp³-hybridized carbons (Fsp3) is 0.222. The van der Waals surface area contributed by atoms with Crippen LogP contribution in [0.5, 0.6) is 0 Å². The quantitative estimate of drug-likeness (QED) is 0.471. The minimum absolute atomic E-state index is 0.0743. The van der Waals surface area contributed by atoms with E-state index in [9.17, 15) is 4.79 Å². The highest BCUT2D eigenvalue weighted by Crippen LogP contribution is 2.24. The van der Waals surface area contributed by atoms with Gasteiger partial charge in [0.25, 0.3) is 10.8 Å². The lowest BCUT2D eigenvalue weighted by molar-refractivity contribution is 0.404. The minimum Gasteiger partial charge on any atom is -0.416 e. The molecule has 0 aliphatic carbocycles. The van der Waals surface area contributed by atoms with Crippen LogP contribution < -0.4 is 5.56 Å². The van der Waals surface area contributed by atoms with Gasteiger partial charge in [-0.3, -0.25) is 9.20 Å². The van der Waals surface area contributed by atoms with Crippen LogP contribution >= 0.6 is 23.1 Å². The van der Waals surface area contributed by atoms with E-state index < -0.39 is 0 Å². The molecule has 0 N–H and O–H groups in total. The zero-order valence-electron chi connectivity index (χ0n) is 14.0. The van der Waals surface area contributed by atoms with E-state index >= 15 is 0 Å². The number of fused-ring (bicyclic) bond motifs is 1. The van der Waals surface area contributed by atoms with Crippen molar-refractivity contribution >= 4 is 28.1 Å². The number of benzene rings is 1. The van der Waals surface area contributed by atoms with Crippen LogP contribution in [-0.2, 0) is 12.2 Å². The Hall–Kier alpha value is -2.45. The van der Waals surface area contributed by atoms with E-state index in [2.05, 4.69) is 34.2 Å². The van der Waals surface area contributed by atoms with Crippen molar-refractivity contribution in [2.45, 2.75) is 30.2 Å². The molecule has 0 amide bonds. The molecule has 0 fully saturated rings. The highest BCUT2D eigenvalue weighted by Gasteiger charge is 2.13. The van der Waals surface area contributed by atoms with E-state index in [-0.39, 0.29) is 5.56 Å². The number of thiazole rings is 1. The molecule has 0 radical (unpaired) electrons. The zero-order chi connectivity index (χ0) is 17.9. The Bertz CT molecular complexity index is 1070. The van der Waals surface area contributed by atoms with Gasteiger partial charge in [0.1, 0.15) is 0 Å². The average molecular weight is 384 g/mol. The molecule has 0 spiro atoms. The summed E-state index contributed by atoms with van der Waals surface area (Å²) in [6.45, 7) is 2.14. The van der Waals surface area contributed by atoms with Crippen molar-refractivity contribution in [3.8, 4) is 0 Å². The van der Waals surface area contributed by atoms with Crippen molar-refractivity contribution in [1.29, 1.82) is 0 Å². The number of nitrogens with zero attached hydrogens (tertiary/aromatic N) is 4. The van der Waals surface area contributed by atoms with Gasteiger partial charge in [0.05, 0.1) is 5.69 Å². The van der Waals surface area contributed by atoms with E-state index in [0.717, 1.165) is 0 Å². The Balaban J connectivity index is 1.41. The summed E-state index contributed by atoms with van der Waals surface area (Å²) >= 11 is 2.83. The molecule has 4 aromatic rings. The maximum Gasteiger partial charge on any atom is 0.276 e. The Morgan fingerprint density at radius 1 is 1.27 bits per heavy atom. The molecule has 0 saturated carbocycles. The van der Waals surface area contributed by atoms with Gasteiger partial charge in [0.15, 0.2) is 4.96 Å². The molecule has 0 bridgehead atoms. The molecule has 8 heteroatoms. The molecule has 0 saturated heterocycles. The number of hydrogen-bond acceptors (Lipinski definition) is 7. The zero-order valence-corrected chi connectivity index (χ0v) is 15.7. The van der Waals surface area contributed by atoms with Gasteiger partial charge in [-0.05, 0) is 11.5 Å². The van der Waals surface area contributed by atoms with Crippen LogP contribution in [0, 0.1) is 0 Å². The third-order valence-electron chi connectivity index (χ3n) is 4.00. The van der Waals surface area contributed by atoms with Crippen molar-refractivity contribution in [1.82, 2.24) is 19.6 Å². The SMILES string of the molecule is CC(Cc1nnc(SCc2cc(=O)n3ccsc3n2)o1)c1ccccc1. The average Bonchev–Trinajstić information content (AvgIpc) is 3.30. The van der Waals surface area contributed by atoms with E-state index in [1.807, 2.05) is 23.6 Å². The van der Waals surface area contributed by atoms with Crippen LogP contribution in [0.1, 0.15) is 30.0 Å². The van der Waals surface area contributed by atoms with Crippen LogP contribution in [0.2, 0.25) is 0 Å². The lowest BCUT2D eigenvalue weighted by Crippen LogP contribution is -2.12. The van der Waals surface area contributed by atoms with Gasteiger partial charge >= 0.3 is 0 Å². The molecular formula is C18H16N4O2S2. The van der Waals surface area contributed by atoms with Crippen LogP contribution in [0.15, 0.2) is 62.4 Å². The Morgan fingerprint density at radius 2 is 2.12 bits per heavy atom. The fourth-order valence-corrected chi connectivity index (χ4v) is 4.05. The van der Waals surface area contributed by atoms with Crippen LogP contribution in [0.4, 0.5) is 0 Å². The topological polar surface area (TPSA) is 73.3 Å². The fourth-order valence-electron chi connectivity index (χ4n) is 2.64. The lowest BCUT2D eigenvalue weighted by Gasteiger charge is -2.08. The van der Waals surface area contributed by atoms with Gasteiger partial charge < -0.3 is 4.42 Å². The van der Waals surface area contributed by atoms with E-state index in [4.69, 9.17) is 4.42 Å². The maximum atomic E-state index is 12.0. The summed E-state index contributed by atoms with van der Waals surface area (Å²) in [4.78, 5) is 17.2. The summed E-state index contributed by atoms with van der Waals surface area (Å²) in [6, 6.07) is 11.8. The molecule has 0 aliphatic rings. The predicted octanol–water partition coefficient (Wildman–Crippen LogP) is 3.78. The smallest absolute Gasteiger partial charge is 0.276 e. The molecule has 132 valence electrons. The molecule has 26 heavy (non-hydrogen) atoms. The minimum atomic E-state index is -0.0743. The van der Waals surface area contributed by atoms with Crippen molar-refractivity contribution in [3.63, 3.8) is 0 Å². The summed E-state index contributed by atoms with van der Waals surface area (Å²) in [5.74, 6) is 1.43. The molecule has 4 rings (SSSR count). The Labute approximate surface area is 157 Å². The second-order valence-electron chi connectivity index (χ2n) is 5.91. The monoisotopic (exact) mass is 384 g/mol. The number of thioether (sulfide) groups is 1. The van der Waals surface area contributed by atoms with Gasteiger partial charge in [0, 0.05) is 29.8 Å². The van der Waals surface area contributed by atoms with Crippen molar-refractivity contribution < 1.29 is 4.42 Å². The Morgan fingerprint density at radius 3 is 2.96 bits per heavy atom. The highest BCUT2D eigenvalue weighted by atomic mass is 32.2. The van der Waals surface area contributed by atoms with Gasteiger partial charge in [-0.1, -0.05) is 49.0 Å². The highest BCUT2D eigenvalue weighted by molar-refractivity contribution is 7.98. The third-order valence-corrected chi connectivity index (χ3v) is 5.61. The first-order chi connectivity index (χ1) is 12.7. The molecule has 3 aromatic heterocycles. The van der Waals surface area contributed by atoms with E-state index in [0.29, 0.717) is 39.9 Å². The maximum absolute atomic E-state index is 12.0. The van der Waals surface area contributed by atoms with E-state index in [1.54, 1.807) is 12.3 Å². The molecule has 1 aromatic carbocycles. The van der Waals surface area contributed by atoms with Crippen molar-refractivity contribution in [2.75, 3.05) is 0 Å². The van der Waals surface area contributed by atoms with Crippen LogP contribution in [-0.4, -0.2) is 19.6 Å². The summed E-state index contributed by atoms with van der Waals surface area (Å²) in [5.41, 5.74) is 1.88. The Kier molecular flexibility index (Phi) is 4.85. The third kappa shape index (κ3) is 3.71. The van der Waals surface area contributed by atoms with Crippen LogP contribution in [0.25, 0.3) is 4.96 Å². The summed E-state index contributed by atoms with van der Waals surface area (Å²) in [6.07, 6.45) is 2.42. The summed E-state index contributed by atoms with van der Waals surface area (Å²) in [5, 5.41) is 10.6. The molecule has 1 unspecified atom stereocenters.